The number of hydrogen-bond donors (Lipinski definition) is 0. The van der Waals surface area contributed by atoms with Crippen LogP contribution in [0.5, 0.6) is 0 Å². The third-order valence-electron chi connectivity index (χ3n) is 7.96. The molecule has 6 rings (SSSR count). The van der Waals surface area contributed by atoms with Gasteiger partial charge in [-0.1, -0.05) is 52.3 Å². The number of anilines is 1. The number of aryl methyl sites for hydroxylation is 1. The van der Waals surface area contributed by atoms with E-state index in [1.165, 1.54) is 11.3 Å². The number of carbonyl (C=O) groups excluding carboxylic acids is 1. The molecular formula is C31H34BrN5O. The van der Waals surface area contributed by atoms with Crippen LogP contribution in [0.15, 0.2) is 77.3 Å². The number of halogens is 1. The van der Waals surface area contributed by atoms with Gasteiger partial charge in [0.1, 0.15) is 5.82 Å². The van der Waals surface area contributed by atoms with Gasteiger partial charge in [-0.15, -0.1) is 0 Å². The molecule has 6 nitrogen and oxygen atoms in total. The summed E-state index contributed by atoms with van der Waals surface area (Å²) in [6.45, 7) is 8.05. The molecule has 0 unspecified atom stereocenters. The lowest BCUT2D eigenvalue weighted by molar-refractivity contribution is -0.137. The summed E-state index contributed by atoms with van der Waals surface area (Å²) in [4.78, 5) is 25.5. The molecule has 2 aliphatic rings. The van der Waals surface area contributed by atoms with Gasteiger partial charge in [0, 0.05) is 48.6 Å². The highest BCUT2D eigenvalue weighted by molar-refractivity contribution is 9.10. The van der Waals surface area contributed by atoms with Crippen LogP contribution in [0, 0.1) is 12.8 Å². The van der Waals surface area contributed by atoms with Crippen LogP contribution in [0.25, 0.3) is 16.7 Å². The average molecular weight is 573 g/mol. The molecule has 0 N–H and O–H groups in total. The second kappa shape index (κ2) is 10.9. The van der Waals surface area contributed by atoms with E-state index in [0.29, 0.717) is 5.91 Å². The van der Waals surface area contributed by atoms with Crippen molar-refractivity contribution in [1.82, 2.24) is 19.4 Å². The number of imidazole rings is 1. The highest BCUT2D eigenvalue weighted by Crippen LogP contribution is 2.27. The molecule has 2 aliphatic heterocycles. The Hall–Kier alpha value is -3.16. The van der Waals surface area contributed by atoms with Gasteiger partial charge in [-0.05, 0) is 68.3 Å². The number of aromatic nitrogens is 2. The monoisotopic (exact) mass is 571 g/mol. The van der Waals surface area contributed by atoms with Gasteiger partial charge in [0.25, 0.3) is 0 Å². The molecule has 7 heteroatoms. The zero-order chi connectivity index (χ0) is 26.1. The van der Waals surface area contributed by atoms with Crippen LogP contribution >= 0.6 is 15.9 Å². The smallest absolute Gasteiger partial charge is 0.227 e. The number of piperazine rings is 1. The number of likely N-dealkylation sites (tertiary alicyclic amines) is 1. The van der Waals surface area contributed by atoms with Crippen molar-refractivity contribution < 1.29 is 4.79 Å². The Morgan fingerprint density at radius 2 is 1.74 bits per heavy atom. The lowest BCUT2D eigenvalue weighted by atomic mass is 9.96. The maximum absolute atomic E-state index is 13.6. The molecule has 1 aromatic heterocycles. The minimum absolute atomic E-state index is 0.0532. The number of para-hydroxylation sites is 3. The zero-order valence-corrected chi connectivity index (χ0v) is 23.5. The first-order valence-electron chi connectivity index (χ1n) is 13.6. The molecule has 0 spiro atoms. The number of rotatable bonds is 5. The molecule has 3 aromatic carbocycles. The van der Waals surface area contributed by atoms with Crippen LogP contribution in [0.3, 0.4) is 0 Å². The minimum Gasteiger partial charge on any atom is -0.368 e. The van der Waals surface area contributed by atoms with Gasteiger partial charge in [0.15, 0.2) is 0 Å². The second-order valence-electron chi connectivity index (χ2n) is 10.5. The summed E-state index contributed by atoms with van der Waals surface area (Å²) in [6, 6.07) is 25.2. The van der Waals surface area contributed by atoms with E-state index in [4.69, 9.17) is 4.98 Å². The number of amides is 1. The lowest BCUT2D eigenvalue weighted by Gasteiger charge is -2.40. The van der Waals surface area contributed by atoms with Crippen molar-refractivity contribution in [1.29, 1.82) is 0 Å². The molecule has 0 saturated carbocycles. The Bertz CT molecular complexity index is 1440. The van der Waals surface area contributed by atoms with Gasteiger partial charge in [0.2, 0.25) is 5.91 Å². The van der Waals surface area contributed by atoms with Gasteiger partial charge in [-0.3, -0.25) is 14.3 Å². The first-order chi connectivity index (χ1) is 18.6. The molecule has 196 valence electrons. The van der Waals surface area contributed by atoms with Crippen molar-refractivity contribution >= 4 is 38.6 Å². The fourth-order valence-electron chi connectivity index (χ4n) is 6.03. The molecular weight excluding hydrogens is 538 g/mol. The summed E-state index contributed by atoms with van der Waals surface area (Å²) in [5.41, 5.74) is 5.79. The van der Waals surface area contributed by atoms with E-state index < -0.39 is 0 Å². The molecule has 3 heterocycles. The molecule has 1 amide bonds. The minimum atomic E-state index is 0.0532. The molecule has 38 heavy (non-hydrogen) atoms. The highest BCUT2D eigenvalue weighted by Gasteiger charge is 2.32. The number of carbonyl (C=O) groups is 1. The quantitative estimate of drug-likeness (QED) is 0.310. The fraction of sp³-hybridized carbons (Fsp3) is 0.355. The van der Waals surface area contributed by atoms with E-state index in [9.17, 15) is 4.79 Å². The third-order valence-corrected chi connectivity index (χ3v) is 8.46. The largest absolute Gasteiger partial charge is 0.368 e. The summed E-state index contributed by atoms with van der Waals surface area (Å²) in [5, 5.41) is 0. The highest BCUT2D eigenvalue weighted by atomic mass is 79.9. The Morgan fingerprint density at radius 3 is 2.55 bits per heavy atom. The van der Waals surface area contributed by atoms with Gasteiger partial charge in [0.05, 0.1) is 23.5 Å². The van der Waals surface area contributed by atoms with E-state index >= 15 is 0 Å². The van der Waals surface area contributed by atoms with Gasteiger partial charge >= 0.3 is 0 Å². The molecule has 0 radical (unpaired) electrons. The van der Waals surface area contributed by atoms with Crippen molar-refractivity contribution in [3.8, 4) is 5.69 Å². The summed E-state index contributed by atoms with van der Waals surface area (Å²) in [5.74, 6) is 1.39. The van der Waals surface area contributed by atoms with E-state index in [1.54, 1.807) is 0 Å². The number of fused-ring (bicyclic) bond motifs is 1. The van der Waals surface area contributed by atoms with Crippen LogP contribution in [0.4, 0.5) is 5.69 Å². The van der Waals surface area contributed by atoms with Gasteiger partial charge in [-0.25, -0.2) is 4.98 Å². The molecule has 2 fully saturated rings. The van der Waals surface area contributed by atoms with E-state index in [1.807, 2.05) is 12.1 Å². The number of benzene rings is 3. The first kappa shape index (κ1) is 25.1. The molecule has 2 saturated heterocycles. The summed E-state index contributed by atoms with van der Waals surface area (Å²) >= 11 is 3.63. The predicted molar refractivity (Wildman–Crippen MR) is 157 cm³/mol. The molecule has 0 bridgehead atoms. The summed E-state index contributed by atoms with van der Waals surface area (Å²) in [6.07, 6.45) is 2.01. The molecule has 1 atom stereocenters. The van der Waals surface area contributed by atoms with E-state index in [-0.39, 0.29) is 5.92 Å². The van der Waals surface area contributed by atoms with Crippen LogP contribution in [-0.4, -0.2) is 64.5 Å². The van der Waals surface area contributed by atoms with Crippen molar-refractivity contribution in [3.05, 3.63) is 88.7 Å². The normalized spacial score (nSPS) is 18.7. The van der Waals surface area contributed by atoms with E-state index in [2.05, 4.69) is 103 Å². The van der Waals surface area contributed by atoms with Crippen molar-refractivity contribution in [3.63, 3.8) is 0 Å². The van der Waals surface area contributed by atoms with E-state index in [0.717, 1.165) is 85.7 Å². The second-order valence-corrected chi connectivity index (χ2v) is 11.4. The standard InChI is InChI=1S/C31H34BrN5O/c1-23-8-2-4-13-28(23)35-16-18-36(19-17-35)31(38)24-9-7-15-34(21-24)22-30-33-27-12-3-5-14-29(27)37(30)26-11-6-10-25(32)20-26/h2-6,8,10-14,20,24H,7,9,15-19,21-22H2,1H3/t24-/m0/s1. The van der Waals surface area contributed by atoms with Gasteiger partial charge in [-0.2, -0.15) is 0 Å². The number of piperidine rings is 1. The molecule has 4 aromatic rings. The van der Waals surface area contributed by atoms with Crippen LogP contribution in [0.1, 0.15) is 24.2 Å². The third kappa shape index (κ3) is 5.09. The predicted octanol–water partition coefficient (Wildman–Crippen LogP) is 5.66. The Kier molecular flexibility index (Phi) is 7.22. The molecule has 0 aliphatic carbocycles. The van der Waals surface area contributed by atoms with Crippen molar-refractivity contribution in [2.24, 2.45) is 5.92 Å². The van der Waals surface area contributed by atoms with Gasteiger partial charge < -0.3 is 9.80 Å². The summed E-state index contributed by atoms with van der Waals surface area (Å²) < 4.78 is 3.31. The van der Waals surface area contributed by atoms with Crippen molar-refractivity contribution in [2.75, 3.05) is 44.2 Å². The number of nitrogens with zero attached hydrogens (tertiary/aromatic N) is 5. The average Bonchev–Trinajstić information content (AvgIpc) is 3.31. The van der Waals surface area contributed by atoms with Crippen LogP contribution in [-0.2, 0) is 11.3 Å². The maximum Gasteiger partial charge on any atom is 0.227 e. The lowest BCUT2D eigenvalue weighted by Crippen LogP contribution is -2.52. The Morgan fingerprint density at radius 1 is 0.947 bits per heavy atom. The number of hydrogen-bond acceptors (Lipinski definition) is 4. The van der Waals surface area contributed by atoms with Crippen molar-refractivity contribution in [2.45, 2.75) is 26.3 Å². The SMILES string of the molecule is Cc1ccccc1N1CCN(C(=O)[C@H]2CCCN(Cc3nc4ccccc4n3-c3cccc(Br)c3)C2)CC1. The van der Waals surface area contributed by atoms with Crippen LogP contribution < -0.4 is 4.90 Å². The summed E-state index contributed by atoms with van der Waals surface area (Å²) in [7, 11) is 0. The topological polar surface area (TPSA) is 44.6 Å². The zero-order valence-electron chi connectivity index (χ0n) is 21.9. The first-order valence-corrected chi connectivity index (χ1v) is 14.4. The maximum atomic E-state index is 13.6. The Labute approximate surface area is 233 Å². The fourth-order valence-corrected chi connectivity index (χ4v) is 6.42. The van der Waals surface area contributed by atoms with Crippen LogP contribution in [0.2, 0.25) is 0 Å². The Balaban J connectivity index is 1.15.